The van der Waals surface area contributed by atoms with E-state index in [2.05, 4.69) is 48.4 Å². The molecule has 0 aliphatic rings. The average molecular weight is 474 g/mol. The van der Waals surface area contributed by atoms with E-state index < -0.39 is 0 Å². The first-order chi connectivity index (χ1) is 15.6. The highest BCUT2D eigenvalue weighted by molar-refractivity contribution is 5.85. The van der Waals surface area contributed by atoms with E-state index in [1.54, 1.807) is 12.4 Å². The van der Waals surface area contributed by atoms with Gasteiger partial charge >= 0.3 is 0 Å². The number of nitrogens with zero attached hydrogens (tertiary/aromatic N) is 3. The van der Waals surface area contributed by atoms with Crippen molar-refractivity contribution in [3.05, 3.63) is 59.7 Å². The summed E-state index contributed by atoms with van der Waals surface area (Å²) in [7, 11) is 0. The van der Waals surface area contributed by atoms with E-state index in [0.717, 1.165) is 48.3 Å². The van der Waals surface area contributed by atoms with Gasteiger partial charge in [-0.15, -0.1) is 17.5 Å². The zero-order chi connectivity index (χ0) is 23.2. The molecule has 2 aromatic rings. The summed E-state index contributed by atoms with van der Waals surface area (Å²) in [6.07, 6.45) is 7.72. The molecule has 0 heterocycles. The fraction of sp³-hybridized carbons (Fsp3) is 0.400. The number of hydrogen-bond donors (Lipinski definition) is 2. The summed E-state index contributed by atoms with van der Waals surface area (Å²) in [5.41, 5.74) is 10.3. The van der Waals surface area contributed by atoms with Gasteiger partial charge in [-0.25, -0.2) is 5.43 Å². The highest BCUT2D eigenvalue weighted by Gasteiger charge is 2.05. The van der Waals surface area contributed by atoms with E-state index in [4.69, 9.17) is 15.2 Å². The molecular formula is C25H36ClN5O2. The number of nitrogens with one attached hydrogen (secondary N) is 1. The van der Waals surface area contributed by atoms with Crippen molar-refractivity contribution in [2.75, 3.05) is 0 Å². The first-order valence-corrected chi connectivity index (χ1v) is 11.3. The fourth-order valence-electron chi connectivity index (χ4n) is 2.91. The molecule has 0 amide bonds. The Labute approximate surface area is 203 Å². The number of guanidine groups is 1. The lowest BCUT2D eigenvalue weighted by Crippen LogP contribution is -2.26. The van der Waals surface area contributed by atoms with Gasteiger partial charge in [0.05, 0.1) is 24.6 Å². The number of rotatable bonds is 12. The van der Waals surface area contributed by atoms with Gasteiger partial charge in [-0.1, -0.05) is 27.7 Å². The van der Waals surface area contributed by atoms with Crippen LogP contribution in [0.3, 0.4) is 0 Å². The van der Waals surface area contributed by atoms with Gasteiger partial charge in [-0.2, -0.15) is 10.2 Å². The standard InChI is InChI=1S/C25H35N5O2.ClH/c1-5-21(6-2)31-23-13-9-19(10-14-23)17-27-29-25(26)30-28-18-20-11-15-24(16-12-20)32-22(7-3)8-4;/h9-18,21-22H,5-8H2,1-4H3,(H3,26,29,30);1H/b27-17+,28-18+;. The predicted molar refractivity (Wildman–Crippen MR) is 140 cm³/mol. The van der Waals surface area contributed by atoms with Crippen LogP contribution in [0.4, 0.5) is 0 Å². The van der Waals surface area contributed by atoms with Crippen LogP contribution in [0, 0.1) is 0 Å². The highest BCUT2D eigenvalue weighted by atomic mass is 35.5. The zero-order valence-electron chi connectivity index (χ0n) is 19.9. The van der Waals surface area contributed by atoms with Crippen molar-refractivity contribution in [2.45, 2.75) is 65.6 Å². The van der Waals surface area contributed by atoms with Gasteiger partial charge in [0.25, 0.3) is 0 Å². The number of hydrazone groups is 1. The summed E-state index contributed by atoms with van der Waals surface area (Å²) in [5, 5.41) is 12.0. The van der Waals surface area contributed by atoms with Crippen LogP contribution in [0.5, 0.6) is 11.5 Å². The van der Waals surface area contributed by atoms with Crippen LogP contribution >= 0.6 is 12.4 Å². The van der Waals surface area contributed by atoms with Gasteiger partial charge in [0.2, 0.25) is 5.96 Å². The van der Waals surface area contributed by atoms with Crippen molar-refractivity contribution in [1.29, 1.82) is 0 Å². The maximum atomic E-state index is 5.90. The minimum Gasteiger partial charge on any atom is -0.490 e. The Balaban J connectivity index is 0.00000544. The molecular weight excluding hydrogens is 438 g/mol. The Bertz CT molecular complexity index is 875. The number of ether oxygens (including phenoxy) is 2. The first-order valence-electron chi connectivity index (χ1n) is 11.3. The van der Waals surface area contributed by atoms with E-state index in [1.165, 1.54) is 0 Å². The first kappa shape index (κ1) is 28.0. The molecule has 180 valence electrons. The number of nitrogens with two attached hydrogens (primary N) is 1. The fourth-order valence-corrected chi connectivity index (χ4v) is 2.91. The molecule has 0 atom stereocenters. The van der Waals surface area contributed by atoms with Crippen LogP contribution in [0.1, 0.15) is 64.5 Å². The van der Waals surface area contributed by atoms with Crippen molar-refractivity contribution >= 4 is 30.8 Å². The molecule has 8 heteroatoms. The van der Waals surface area contributed by atoms with Crippen LogP contribution in [-0.4, -0.2) is 30.6 Å². The average Bonchev–Trinajstić information content (AvgIpc) is 2.83. The normalized spacial score (nSPS) is 11.9. The lowest BCUT2D eigenvalue weighted by Gasteiger charge is -2.15. The maximum absolute atomic E-state index is 5.90. The molecule has 0 saturated heterocycles. The van der Waals surface area contributed by atoms with Crippen molar-refractivity contribution in [3.63, 3.8) is 0 Å². The van der Waals surface area contributed by atoms with E-state index in [9.17, 15) is 0 Å². The third-order valence-corrected chi connectivity index (χ3v) is 4.95. The van der Waals surface area contributed by atoms with Crippen LogP contribution in [0.15, 0.2) is 63.8 Å². The molecule has 0 aliphatic carbocycles. The smallest absolute Gasteiger partial charge is 0.234 e. The quantitative estimate of drug-likeness (QED) is 0.241. The third-order valence-electron chi connectivity index (χ3n) is 4.95. The lowest BCUT2D eigenvalue weighted by molar-refractivity contribution is 0.192. The second kappa shape index (κ2) is 15.7. The van der Waals surface area contributed by atoms with Gasteiger partial charge in [-0.05, 0) is 85.3 Å². The van der Waals surface area contributed by atoms with Crippen LogP contribution in [0.25, 0.3) is 0 Å². The molecule has 33 heavy (non-hydrogen) atoms. The second-order valence-corrected chi connectivity index (χ2v) is 7.35. The largest absolute Gasteiger partial charge is 0.490 e. The molecule has 2 rings (SSSR count). The highest BCUT2D eigenvalue weighted by Crippen LogP contribution is 2.16. The Kier molecular flexibility index (Phi) is 13.3. The number of benzene rings is 2. The minimum atomic E-state index is 0. The Hall–Kier alpha value is -3.06. The van der Waals surface area contributed by atoms with Gasteiger partial charge in [-0.3, -0.25) is 0 Å². The van der Waals surface area contributed by atoms with Crippen molar-refractivity contribution in [1.82, 2.24) is 5.43 Å². The van der Waals surface area contributed by atoms with Crippen LogP contribution in [-0.2, 0) is 0 Å². The molecule has 3 N–H and O–H groups in total. The van der Waals surface area contributed by atoms with Gasteiger partial charge in [0, 0.05) is 0 Å². The lowest BCUT2D eigenvalue weighted by atomic mass is 10.2. The van der Waals surface area contributed by atoms with Gasteiger partial charge in [0.15, 0.2) is 0 Å². The summed E-state index contributed by atoms with van der Waals surface area (Å²) < 4.78 is 11.8. The van der Waals surface area contributed by atoms with Crippen molar-refractivity contribution in [3.8, 4) is 11.5 Å². The topological polar surface area (TPSA) is 93.6 Å². The van der Waals surface area contributed by atoms with E-state index >= 15 is 0 Å². The number of hydrogen-bond acceptors (Lipinski definition) is 5. The number of halogens is 1. The molecule has 2 aromatic carbocycles. The molecule has 0 aromatic heterocycles. The molecule has 0 fully saturated rings. The molecule has 0 bridgehead atoms. The summed E-state index contributed by atoms with van der Waals surface area (Å²) in [6.45, 7) is 8.49. The molecule has 0 radical (unpaired) electrons. The van der Waals surface area contributed by atoms with Gasteiger partial charge in [0.1, 0.15) is 11.5 Å². The summed E-state index contributed by atoms with van der Waals surface area (Å²) >= 11 is 0. The maximum Gasteiger partial charge on any atom is 0.234 e. The third kappa shape index (κ3) is 10.4. The van der Waals surface area contributed by atoms with E-state index in [0.29, 0.717) is 0 Å². The summed E-state index contributed by atoms with van der Waals surface area (Å²) in [4.78, 5) is 0. The van der Waals surface area contributed by atoms with E-state index in [-0.39, 0.29) is 30.6 Å². The molecule has 0 spiro atoms. The zero-order valence-corrected chi connectivity index (χ0v) is 20.7. The summed E-state index contributed by atoms with van der Waals surface area (Å²) in [6, 6.07) is 15.4. The summed E-state index contributed by atoms with van der Waals surface area (Å²) in [5.74, 6) is 1.80. The van der Waals surface area contributed by atoms with Gasteiger partial charge < -0.3 is 15.2 Å². The molecule has 0 unspecified atom stereocenters. The SMILES string of the molecule is CCC(CC)Oc1ccc(/C=N/N=C(N)N/N=C/c2ccc(OC(CC)CC)cc2)cc1.Cl. The predicted octanol–water partition coefficient (Wildman–Crippen LogP) is 5.52. The minimum absolute atomic E-state index is 0. The molecule has 0 saturated carbocycles. The molecule has 0 aliphatic heterocycles. The van der Waals surface area contributed by atoms with Crippen molar-refractivity contribution < 1.29 is 9.47 Å². The monoisotopic (exact) mass is 473 g/mol. The molecule has 7 nitrogen and oxygen atoms in total. The Morgan fingerprint density at radius 1 is 0.788 bits per heavy atom. The van der Waals surface area contributed by atoms with Crippen LogP contribution in [0.2, 0.25) is 0 Å². The Morgan fingerprint density at radius 2 is 1.21 bits per heavy atom. The van der Waals surface area contributed by atoms with E-state index in [1.807, 2.05) is 48.5 Å². The van der Waals surface area contributed by atoms with Crippen LogP contribution < -0.4 is 20.6 Å². The van der Waals surface area contributed by atoms with Crippen molar-refractivity contribution in [2.24, 2.45) is 21.0 Å². The Morgan fingerprint density at radius 3 is 1.64 bits per heavy atom. The second-order valence-electron chi connectivity index (χ2n) is 7.35.